The smallest absolute Gasteiger partial charge is 0.0284 e. The van der Waals surface area contributed by atoms with Gasteiger partial charge in [0.2, 0.25) is 0 Å². The van der Waals surface area contributed by atoms with Crippen LogP contribution in [0.5, 0.6) is 0 Å². The number of hydrogen-bond donors (Lipinski definition) is 0. The third kappa shape index (κ3) is 5.10. The van der Waals surface area contributed by atoms with E-state index in [-0.39, 0.29) is 5.54 Å². The molecule has 0 atom stereocenters. The molecule has 1 fully saturated rings. The number of likely N-dealkylation sites (N-methyl/N-ethyl adjacent to an activating group) is 1. The molecule has 0 bridgehead atoms. The minimum Gasteiger partial charge on any atom is -0.301 e. The van der Waals surface area contributed by atoms with Crippen molar-refractivity contribution in [2.24, 2.45) is 0 Å². The topological polar surface area (TPSA) is 6.48 Å². The van der Waals surface area contributed by atoms with Crippen molar-refractivity contribution in [3.8, 4) is 0 Å². The van der Waals surface area contributed by atoms with Crippen molar-refractivity contribution in [2.75, 3.05) is 26.2 Å². The first-order valence-corrected chi connectivity index (χ1v) is 8.98. The quantitative estimate of drug-likeness (QED) is 0.792. The fourth-order valence-electron chi connectivity index (χ4n) is 3.13. The zero-order valence-corrected chi connectivity index (χ0v) is 15.8. The molecule has 2 heteroatoms. The van der Waals surface area contributed by atoms with Crippen molar-refractivity contribution in [2.45, 2.75) is 66.5 Å². The predicted molar refractivity (Wildman–Crippen MR) is 98.5 cm³/mol. The Morgan fingerprint density at radius 3 is 2.36 bits per heavy atom. The Morgan fingerprint density at radius 2 is 1.82 bits per heavy atom. The van der Waals surface area contributed by atoms with Gasteiger partial charge in [0, 0.05) is 31.7 Å². The molecule has 1 aromatic rings. The molecule has 0 radical (unpaired) electrons. The first-order valence-electron chi connectivity index (χ1n) is 8.98. The van der Waals surface area contributed by atoms with Crippen LogP contribution in [0.2, 0.25) is 0 Å². The van der Waals surface area contributed by atoms with Crippen LogP contribution in [0.3, 0.4) is 0 Å². The SMILES string of the molecule is CC.CCN1CCN(Cc2cccc(C(C)C)c2)C(C)(C)C1. The molecule has 1 aromatic carbocycles. The van der Waals surface area contributed by atoms with Crippen molar-refractivity contribution in [3.05, 3.63) is 35.4 Å². The van der Waals surface area contributed by atoms with Crippen molar-refractivity contribution in [1.29, 1.82) is 0 Å². The van der Waals surface area contributed by atoms with Gasteiger partial charge in [-0.15, -0.1) is 0 Å². The summed E-state index contributed by atoms with van der Waals surface area (Å²) in [6.45, 7) is 21.3. The maximum Gasteiger partial charge on any atom is 0.0284 e. The van der Waals surface area contributed by atoms with Gasteiger partial charge in [0.25, 0.3) is 0 Å². The molecule has 22 heavy (non-hydrogen) atoms. The fourth-order valence-corrected chi connectivity index (χ4v) is 3.13. The maximum atomic E-state index is 2.64. The summed E-state index contributed by atoms with van der Waals surface area (Å²) in [5.74, 6) is 0.611. The van der Waals surface area contributed by atoms with E-state index in [1.165, 1.54) is 37.3 Å². The van der Waals surface area contributed by atoms with Gasteiger partial charge in [0.1, 0.15) is 0 Å². The molecule has 1 aliphatic rings. The Kier molecular flexibility index (Phi) is 7.58. The molecule has 1 heterocycles. The highest BCUT2D eigenvalue weighted by atomic mass is 15.3. The van der Waals surface area contributed by atoms with Crippen LogP contribution >= 0.6 is 0 Å². The molecule has 0 aliphatic carbocycles. The second-order valence-corrected chi connectivity index (χ2v) is 7.00. The van der Waals surface area contributed by atoms with E-state index in [1.807, 2.05) is 13.8 Å². The zero-order valence-electron chi connectivity index (χ0n) is 15.8. The van der Waals surface area contributed by atoms with Crippen LogP contribution in [0.1, 0.15) is 65.5 Å². The van der Waals surface area contributed by atoms with E-state index in [2.05, 4.69) is 68.7 Å². The second kappa shape index (κ2) is 8.69. The third-order valence-corrected chi connectivity index (χ3v) is 4.59. The van der Waals surface area contributed by atoms with Gasteiger partial charge in [-0.3, -0.25) is 4.90 Å². The summed E-state index contributed by atoms with van der Waals surface area (Å²) in [5.41, 5.74) is 3.17. The van der Waals surface area contributed by atoms with Crippen molar-refractivity contribution < 1.29 is 0 Å². The molecule has 1 aliphatic heterocycles. The molecule has 0 spiro atoms. The van der Waals surface area contributed by atoms with Gasteiger partial charge in [0.05, 0.1) is 0 Å². The molecule has 0 aromatic heterocycles. The normalized spacial score (nSPS) is 18.9. The Bertz CT molecular complexity index is 437. The lowest BCUT2D eigenvalue weighted by Gasteiger charge is -2.47. The van der Waals surface area contributed by atoms with E-state index in [9.17, 15) is 0 Å². The first kappa shape index (κ1) is 19.2. The minimum absolute atomic E-state index is 0.266. The molecular formula is C20H36N2. The fraction of sp³-hybridized carbons (Fsp3) is 0.700. The standard InChI is InChI=1S/C18H30N2.C2H6/c1-6-19-10-11-20(18(4,5)14-19)13-16-8-7-9-17(12-16)15(2)3;1-2/h7-9,12,15H,6,10-11,13-14H2,1-5H3;1-2H3. The minimum atomic E-state index is 0.266. The molecular weight excluding hydrogens is 268 g/mol. The summed E-state index contributed by atoms with van der Waals surface area (Å²) < 4.78 is 0. The number of hydrogen-bond acceptors (Lipinski definition) is 2. The van der Waals surface area contributed by atoms with Gasteiger partial charge in [-0.05, 0) is 37.4 Å². The number of nitrogens with zero attached hydrogens (tertiary/aromatic N) is 2. The third-order valence-electron chi connectivity index (χ3n) is 4.59. The summed E-state index contributed by atoms with van der Waals surface area (Å²) in [6.07, 6.45) is 0. The van der Waals surface area contributed by atoms with Crippen LogP contribution in [0.25, 0.3) is 0 Å². The van der Waals surface area contributed by atoms with E-state index in [1.54, 1.807) is 0 Å². The van der Waals surface area contributed by atoms with E-state index < -0.39 is 0 Å². The van der Waals surface area contributed by atoms with E-state index in [4.69, 9.17) is 0 Å². The average Bonchev–Trinajstić information content (AvgIpc) is 2.51. The van der Waals surface area contributed by atoms with Gasteiger partial charge in [-0.2, -0.15) is 0 Å². The maximum absolute atomic E-state index is 2.64. The van der Waals surface area contributed by atoms with Crippen LogP contribution in [-0.4, -0.2) is 41.5 Å². The summed E-state index contributed by atoms with van der Waals surface area (Å²) in [4.78, 5) is 5.19. The molecule has 0 saturated carbocycles. The Balaban J connectivity index is 0.00000116. The molecule has 0 amide bonds. The largest absolute Gasteiger partial charge is 0.301 e. The number of benzene rings is 1. The van der Waals surface area contributed by atoms with Crippen LogP contribution in [0.15, 0.2) is 24.3 Å². The Labute approximate surface area is 138 Å². The summed E-state index contributed by atoms with van der Waals surface area (Å²) in [5, 5.41) is 0. The van der Waals surface area contributed by atoms with E-state index >= 15 is 0 Å². The van der Waals surface area contributed by atoms with E-state index in [0.29, 0.717) is 5.92 Å². The lowest BCUT2D eigenvalue weighted by Crippen LogP contribution is -2.58. The van der Waals surface area contributed by atoms with Gasteiger partial charge in [-0.1, -0.05) is 58.9 Å². The molecule has 2 nitrogen and oxygen atoms in total. The Morgan fingerprint density at radius 1 is 1.14 bits per heavy atom. The monoisotopic (exact) mass is 304 g/mol. The molecule has 0 unspecified atom stereocenters. The lowest BCUT2D eigenvalue weighted by molar-refractivity contribution is 0.0162. The second-order valence-electron chi connectivity index (χ2n) is 7.00. The van der Waals surface area contributed by atoms with E-state index in [0.717, 1.165) is 6.54 Å². The van der Waals surface area contributed by atoms with Crippen molar-refractivity contribution >= 4 is 0 Å². The van der Waals surface area contributed by atoms with Crippen molar-refractivity contribution in [3.63, 3.8) is 0 Å². The van der Waals surface area contributed by atoms with Crippen LogP contribution in [-0.2, 0) is 6.54 Å². The van der Waals surface area contributed by atoms with Crippen LogP contribution in [0, 0.1) is 0 Å². The molecule has 126 valence electrons. The lowest BCUT2D eigenvalue weighted by atomic mass is 9.96. The highest BCUT2D eigenvalue weighted by Crippen LogP contribution is 2.24. The zero-order chi connectivity index (χ0) is 16.8. The summed E-state index contributed by atoms with van der Waals surface area (Å²) >= 11 is 0. The average molecular weight is 305 g/mol. The highest BCUT2D eigenvalue weighted by molar-refractivity contribution is 5.26. The predicted octanol–water partition coefficient (Wildman–Crippen LogP) is 4.75. The van der Waals surface area contributed by atoms with Gasteiger partial charge < -0.3 is 4.90 Å². The molecule has 1 saturated heterocycles. The molecule has 2 rings (SSSR count). The highest BCUT2D eigenvalue weighted by Gasteiger charge is 2.32. The van der Waals surface area contributed by atoms with Gasteiger partial charge >= 0.3 is 0 Å². The van der Waals surface area contributed by atoms with Gasteiger partial charge in [-0.25, -0.2) is 0 Å². The number of rotatable bonds is 4. The van der Waals surface area contributed by atoms with Gasteiger partial charge in [0.15, 0.2) is 0 Å². The first-order chi connectivity index (χ1) is 10.4. The summed E-state index contributed by atoms with van der Waals surface area (Å²) in [6, 6.07) is 9.11. The number of piperazine rings is 1. The van der Waals surface area contributed by atoms with Crippen LogP contribution in [0.4, 0.5) is 0 Å². The molecule has 0 N–H and O–H groups in total. The van der Waals surface area contributed by atoms with Crippen molar-refractivity contribution in [1.82, 2.24) is 9.80 Å². The summed E-state index contributed by atoms with van der Waals surface area (Å²) in [7, 11) is 0. The Hall–Kier alpha value is -0.860. The van der Waals surface area contributed by atoms with Crippen LogP contribution < -0.4 is 0 Å².